The van der Waals surface area contributed by atoms with Crippen molar-refractivity contribution in [3.63, 3.8) is 0 Å². The van der Waals surface area contributed by atoms with Crippen molar-refractivity contribution in [1.82, 2.24) is 10.2 Å². The molecule has 0 radical (unpaired) electrons. The second-order valence-electron chi connectivity index (χ2n) is 5.20. The first kappa shape index (κ1) is 15.8. The van der Waals surface area contributed by atoms with Gasteiger partial charge < -0.3 is 19.7 Å². The number of benzene rings is 1. The molecule has 116 valence electrons. The first-order chi connectivity index (χ1) is 10.3. The second-order valence-corrected chi connectivity index (χ2v) is 5.20. The van der Waals surface area contributed by atoms with E-state index in [1.165, 1.54) is 0 Å². The predicted molar refractivity (Wildman–Crippen MR) is 81.8 cm³/mol. The summed E-state index contributed by atoms with van der Waals surface area (Å²) in [5, 5.41) is 3.42. The van der Waals surface area contributed by atoms with E-state index in [1.54, 1.807) is 7.11 Å². The van der Waals surface area contributed by atoms with E-state index in [4.69, 9.17) is 9.47 Å². The first-order valence-electron chi connectivity index (χ1n) is 7.49. The Bertz CT molecular complexity index is 465. The number of methoxy groups -OCH3 is 1. The van der Waals surface area contributed by atoms with Crippen LogP contribution in [0.1, 0.15) is 23.7 Å². The fraction of sp³-hybridized carbons (Fsp3) is 0.562. The van der Waals surface area contributed by atoms with Crippen LogP contribution < -0.4 is 10.1 Å². The van der Waals surface area contributed by atoms with E-state index < -0.39 is 0 Å². The molecule has 1 unspecified atom stereocenters. The van der Waals surface area contributed by atoms with Gasteiger partial charge in [0.25, 0.3) is 5.91 Å². The zero-order valence-corrected chi connectivity index (χ0v) is 12.8. The number of hydrogen-bond acceptors (Lipinski definition) is 4. The van der Waals surface area contributed by atoms with Crippen molar-refractivity contribution in [3.05, 3.63) is 29.8 Å². The molecule has 1 aliphatic heterocycles. The number of nitrogens with zero attached hydrogens (tertiary/aromatic N) is 1. The molecule has 1 aromatic rings. The van der Waals surface area contributed by atoms with E-state index in [0.29, 0.717) is 37.6 Å². The molecule has 0 spiro atoms. The van der Waals surface area contributed by atoms with Crippen LogP contribution in [0.4, 0.5) is 0 Å². The number of para-hydroxylation sites is 1. The standard InChI is InChI=1S/C16H24N2O3/c1-3-8-17-13(12-20-2)11-18-9-10-21-15-7-5-4-6-14(15)16(18)19/h4-7,13,17H,3,8-12H2,1-2H3. The molecular formula is C16H24N2O3. The quantitative estimate of drug-likeness (QED) is 0.828. The SMILES string of the molecule is CCCNC(COC)CN1CCOc2ccccc2C1=O. The molecule has 1 amide bonds. The van der Waals surface area contributed by atoms with Crippen molar-refractivity contribution >= 4 is 5.91 Å². The Hall–Kier alpha value is -1.59. The molecule has 1 N–H and O–H groups in total. The van der Waals surface area contributed by atoms with Gasteiger partial charge in [0.1, 0.15) is 12.4 Å². The lowest BCUT2D eigenvalue weighted by Crippen LogP contribution is -2.46. The number of amides is 1. The maximum atomic E-state index is 12.6. The monoisotopic (exact) mass is 292 g/mol. The number of carbonyl (C=O) groups is 1. The van der Waals surface area contributed by atoms with Crippen LogP contribution in [-0.4, -0.2) is 56.8 Å². The summed E-state index contributed by atoms with van der Waals surface area (Å²) < 4.78 is 10.9. The highest BCUT2D eigenvalue weighted by atomic mass is 16.5. The van der Waals surface area contributed by atoms with E-state index in [-0.39, 0.29) is 11.9 Å². The molecular weight excluding hydrogens is 268 g/mol. The van der Waals surface area contributed by atoms with Crippen molar-refractivity contribution < 1.29 is 14.3 Å². The molecule has 21 heavy (non-hydrogen) atoms. The highest BCUT2D eigenvalue weighted by Crippen LogP contribution is 2.22. The van der Waals surface area contributed by atoms with Crippen LogP contribution in [0.5, 0.6) is 5.75 Å². The van der Waals surface area contributed by atoms with Crippen molar-refractivity contribution in [2.75, 3.05) is 40.0 Å². The summed E-state index contributed by atoms with van der Waals surface area (Å²) in [5.74, 6) is 0.706. The predicted octanol–water partition coefficient (Wildman–Crippen LogP) is 1.54. The number of ether oxygens (including phenoxy) is 2. The van der Waals surface area contributed by atoms with E-state index in [1.807, 2.05) is 29.2 Å². The second kappa shape index (κ2) is 8.00. The Kier molecular flexibility index (Phi) is 6.02. The van der Waals surface area contributed by atoms with Gasteiger partial charge in [-0.15, -0.1) is 0 Å². The maximum Gasteiger partial charge on any atom is 0.257 e. The Morgan fingerprint density at radius 1 is 1.43 bits per heavy atom. The molecule has 1 heterocycles. The van der Waals surface area contributed by atoms with Gasteiger partial charge in [-0.2, -0.15) is 0 Å². The van der Waals surface area contributed by atoms with E-state index >= 15 is 0 Å². The van der Waals surface area contributed by atoms with Crippen molar-refractivity contribution in [1.29, 1.82) is 0 Å². The average molecular weight is 292 g/mol. The minimum atomic E-state index is 0.0301. The number of rotatable bonds is 7. The van der Waals surface area contributed by atoms with Crippen LogP contribution in [0.3, 0.4) is 0 Å². The molecule has 0 saturated carbocycles. The summed E-state index contributed by atoms with van der Waals surface area (Å²) in [6, 6.07) is 7.56. The number of fused-ring (bicyclic) bond motifs is 1. The Morgan fingerprint density at radius 3 is 3.00 bits per heavy atom. The molecule has 0 saturated heterocycles. The minimum Gasteiger partial charge on any atom is -0.491 e. The third-order valence-electron chi connectivity index (χ3n) is 3.52. The molecule has 5 nitrogen and oxygen atoms in total. The zero-order chi connectivity index (χ0) is 15.1. The summed E-state index contributed by atoms with van der Waals surface area (Å²) in [5.41, 5.74) is 0.640. The van der Waals surface area contributed by atoms with Crippen LogP contribution in [0.15, 0.2) is 24.3 Å². The fourth-order valence-corrected chi connectivity index (χ4v) is 2.47. The third kappa shape index (κ3) is 4.19. The Balaban J connectivity index is 2.06. The van der Waals surface area contributed by atoms with Gasteiger partial charge in [-0.25, -0.2) is 0 Å². The largest absolute Gasteiger partial charge is 0.491 e. The summed E-state index contributed by atoms with van der Waals surface area (Å²) in [6.07, 6.45) is 1.06. The van der Waals surface area contributed by atoms with Crippen LogP contribution in [0.25, 0.3) is 0 Å². The number of hydrogen-bond donors (Lipinski definition) is 1. The number of carbonyl (C=O) groups excluding carboxylic acids is 1. The Labute approximate surface area is 126 Å². The molecule has 0 aliphatic carbocycles. The van der Waals surface area contributed by atoms with E-state index in [9.17, 15) is 4.79 Å². The van der Waals surface area contributed by atoms with Gasteiger partial charge in [0.15, 0.2) is 0 Å². The normalized spacial score (nSPS) is 16.1. The molecule has 0 fully saturated rings. The molecule has 1 aromatic carbocycles. The van der Waals surface area contributed by atoms with Crippen LogP contribution in [0.2, 0.25) is 0 Å². The lowest BCUT2D eigenvalue weighted by Gasteiger charge is -2.26. The third-order valence-corrected chi connectivity index (χ3v) is 3.52. The first-order valence-corrected chi connectivity index (χ1v) is 7.49. The molecule has 5 heteroatoms. The highest BCUT2D eigenvalue weighted by Gasteiger charge is 2.25. The van der Waals surface area contributed by atoms with Crippen LogP contribution >= 0.6 is 0 Å². The van der Waals surface area contributed by atoms with Gasteiger partial charge in [-0.05, 0) is 25.1 Å². The van der Waals surface area contributed by atoms with Gasteiger partial charge in [-0.3, -0.25) is 4.79 Å². The average Bonchev–Trinajstić information content (AvgIpc) is 2.65. The van der Waals surface area contributed by atoms with E-state index in [0.717, 1.165) is 13.0 Å². The van der Waals surface area contributed by atoms with Gasteiger partial charge in [0, 0.05) is 19.7 Å². The lowest BCUT2D eigenvalue weighted by atomic mass is 10.1. The number of nitrogens with one attached hydrogen (secondary N) is 1. The topological polar surface area (TPSA) is 50.8 Å². The summed E-state index contributed by atoms with van der Waals surface area (Å²) in [6.45, 7) is 5.38. The van der Waals surface area contributed by atoms with Crippen molar-refractivity contribution in [2.24, 2.45) is 0 Å². The van der Waals surface area contributed by atoms with E-state index in [2.05, 4.69) is 12.2 Å². The summed E-state index contributed by atoms with van der Waals surface area (Å²) >= 11 is 0. The van der Waals surface area contributed by atoms with Gasteiger partial charge >= 0.3 is 0 Å². The smallest absolute Gasteiger partial charge is 0.257 e. The summed E-state index contributed by atoms with van der Waals surface area (Å²) in [4.78, 5) is 14.5. The molecule has 1 aliphatic rings. The minimum absolute atomic E-state index is 0.0301. The summed E-state index contributed by atoms with van der Waals surface area (Å²) in [7, 11) is 1.68. The molecule has 0 bridgehead atoms. The fourth-order valence-electron chi connectivity index (χ4n) is 2.47. The molecule has 1 atom stereocenters. The molecule has 0 aromatic heterocycles. The van der Waals surface area contributed by atoms with Gasteiger partial charge in [0.05, 0.1) is 18.7 Å². The lowest BCUT2D eigenvalue weighted by molar-refractivity contribution is 0.0701. The van der Waals surface area contributed by atoms with Crippen molar-refractivity contribution in [3.8, 4) is 5.75 Å². The van der Waals surface area contributed by atoms with Gasteiger partial charge in [-0.1, -0.05) is 19.1 Å². The Morgan fingerprint density at radius 2 is 2.24 bits per heavy atom. The zero-order valence-electron chi connectivity index (χ0n) is 12.8. The van der Waals surface area contributed by atoms with Crippen LogP contribution in [0, 0.1) is 0 Å². The molecule has 2 rings (SSSR count). The highest BCUT2D eigenvalue weighted by molar-refractivity contribution is 5.97. The van der Waals surface area contributed by atoms with Crippen LogP contribution in [-0.2, 0) is 4.74 Å². The van der Waals surface area contributed by atoms with Gasteiger partial charge in [0.2, 0.25) is 0 Å². The maximum absolute atomic E-state index is 12.6. The van der Waals surface area contributed by atoms with Crippen molar-refractivity contribution in [2.45, 2.75) is 19.4 Å².